The fourth-order valence-corrected chi connectivity index (χ4v) is 1.57. The van der Waals surface area contributed by atoms with E-state index in [1.54, 1.807) is 0 Å². The van der Waals surface area contributed by atoms with Gasteiger partial charge in [-0.15, -0.1) is 0 Å². The van der Waals surface area contributed by atoms with E-state index in [2.05, 4.69) is 23.8 Å². The molecule has 0 saturated heterocycles. The predicted octanol–water partition coefficient (Wildman–Crippen LogP) is 1.98. The lowest BCUT2D eigenvalue weighted by Crippen LogP contribution is -1.99. The second-order valence-electron chi connectivity index (χ2n) is 3.10. The molecular weight excluding hydrogens is 162 g/mol. The van der Waals surface area contributed by atoms with Gasteiger partial charge in [0.2, 0.25) is 6.54 Å². The summed E-state index contributed by atoms with van der Waals surface area (Å²) in [5.74, 6) is 0. The molecule has 0 spiro atoms. The largest absolute Gasteiger partial charge is 0.317 e. The molecule has 0 unspecified atom stereocenters. The highest BCUT2D eigenvalue weighted by molar-refractivity contribution is 5.25. The van der Waals surface area contributed by atoms with Crippen LogP contribution in [0.3, 0.4) is 0 Å². The van der Waals surface area contributed by atoms with Crippen molar-refractivity contribution in [1.29, 1.82) is 0 Å². The highest BCUT2D eigenvalue weighted by atomic mass is 15.3. The first-order chi connectivity index (χ1) is 6.20. The van der Waals surface area contributed by atoms with Crippen molar-refractivity contribution in [2.75, 3.05) is 6.54 Å². The van der Waals surface area contributed by atoms with Gasteiger partial charge in [0.15, 0.2) is 0 Å². The molecule has 0 bridgehead atoms. The highest BCUT2D eigenvalue weighted by Crippen LogP contribution is 2.13. The summed E-state index contributed by atoms with van der Waals surface area (Å²) >= 11 is 0. The van der Waals surface area contributed by atoms with E-state index in [4.69, 9.17) is 6.57 Å². The van der Waals surface area contributed by atoms with Gasteiger partial charge in [-0.1, -0.05) is 0 Å². The van der Waals surface area contributed by atoms with Gasteiger partial charge in [-0.25, -0.2) is 6.57 Å². The Morgan fingerprint density at radius 1 is 1.46 bits per heavy atom. The Morgan fingerprint density at radius 2 is 2.15 bits per heavy atom. The van der Waals surface area contributed by atoms with Gasteiger partial charge in [0.25, 0.3) is 0 Å². The fraction of sp³-hybridized carbons (Fsp3) is 0.600. The number of aryl methyl sites for hydroxylation is 2. The standard InChI is InChI=1S/C10H15N3/c1-5-13-9(3)10(6-7-11-4)8(2)12-13/h5-7H2,1-3H3. The minimum atomic E-state index is 0.567. The van der Waals surface area contributed by atoms with Gasteiger partial charge in [0, 0.05) is 24.2 Å². The van der Waals surface area contributed by atoms with Gasteiger partial charge in [0.1, 0.15) is 0 Å². The van der Waals surface area contributed by atoms with Crippen molar-refractivity contribution in [3.63, 3.8) is 0 Å². The zero-order valence-corrected chi connectivity index (χ0v) is 8.46. The molecule has 0 radical (unpaired) electrons. The maximum atomic E-state index is 6.74. The smallest absolute Gasteiger partial charge is 0.218 e. The molecule has 0 aliphatic heterocycles. The van der Waals surface area contributed by atoms with Gasteiger partial charge in [-0.3, -0.25) is 4.68 Å². The normalized spacial score (nSPS) is 10.0. The molecule has 0 amide bonds. The van der Waals surface area contributed by atoms with Crippen molar-refractivity contribution in [3.8, 4) is 0 Å². The third kappa shape index (κ3) is 1.89. The second kappa shape index (κ2) is 4.08. The number of hydrogen-bond donors (Lipinski definition) is 0. The van der Waals surface area contributed by atoms with E-state index in [9.17, 15) is 0 Å². The van der Waals surface area contributed by atoms with Gasteiger partial charge >= 0.3 is 0 Å². The van der Waals surface area contributed by atoms with Crippen LogP contribution in [0.15, 0.2) is 0 Å². The summed E-state index contributed by atoms with van der Waals surface area (Å²) in [6, 6.07) is 0. The number of rotatable bonds is 3. The predicted molar refractivity (Wildman–Crippen MR) is 52.5 cm³/mol. The van der Waals surface area contributed by atoms with Crippen LogP contribution in [0.5, 0.6) is 0 Å². The molecule has 70 valence electrons. The SMILES string of the molecule is [C-]#[N+]CCc1c(C)nn(CC)c1C. The van der Waals surface area contributed by atoms with E-state index in [1.807, 2.05) is 11.6 Å². The Balaban J connectivity index is 2.93. The molecule has 0 N–H and O–H groups in total. The topological polar surface area (TPSA) is 22.2 Å². The van der Waals surface area contributed by atoms with E-state index in [0.29, 0.717) is 6.54 Å². The van der Waals surface area contributed by atoms with E-state index >= 15 is 0 Å². The summed E-state index contributed by atoms with van der Waals surface area (Å²) in [4.78, 5) is 3.36. The molecule has 0 atom stereocenters. The molecule has 1 rings (SSSR count). The Hall–Kier alpha value is -1.30. The van der Waals surface area contributed by atoms with E-state index in [1.165, 1.54) is 11.3 Å². The van der Waals surface area contributed by atoms with Crippen molar-refractivity contribution >= 4 is 0 Å². The van der Waals surface area contributed by atoms with E-state index in [-0.39, 0.29) is 0 Å². The molecule has 1 aromatic rings. The lowest BCUT2D eigenvalue weighted by Gasteiger charge is -1.99. The van der Waals surface area contributed by atoms with E-state index < -0.39 is 0 Å². The molecule has 13 heavy (non-hydrogen) atoms. The quantitative estimate of drug-likeness (QED) is 0.647. The maximum absolute atomic E-state index is 6.74. The van der Waals surface area contributed by atoms with Crippen LogP contribution in [-0.4, -0.2) is 16.3 Å². The van der Waals surface area contributed by atoms with Gasteiger partial charge in [-0.05, 0) is 20.8 Å². The van der Waals surface area contributed by atoms with Gasteiger partial charge in [-0.2, -0.15) is 5.10 Å². The zero-order valence-electron chi connectivity index (χ0n) is 8.46. The minimum absolute atomic E-state index is 0.567. The van der Waals surface area contributed by atoms with Crippen molar-refractivity contribution in [1.82, 2.24) is 9.78 Å². The molecule has 0 aliphatic carbocycles. The van der Waals surface area contributed by atoms with Crippen LogP contribution in [0.4, 0.5) is 0 Å². The van der Waals surface area contributed by atoms with Crippen molar-refractivity contribution in [2.24, 2.45) is 0 Å². The molecule has 3 heteroatoms. The number of nitrogens with zero attached hydrogens (tertiary/aromatic N) is 3. The number of hydrogen-bond acceptors (Lipinski definition) is 1. The number of aromatic nitrogens is 2. The molecule has 0 fully saturated rings. The monoisotopic (exact) mass is 177 g/mol. The van der Waals surface area contributed by atoms with Crippen LogP contribution in [0.1, 0.15) is 23.9 Å². The fourth-order valence-electron chi connectivity index (χ4n) is 1.57. The Kier molecular flexibility index (Phi) is 3.07. The average molecular weight is 177 g/mol. The first-order valence-electron chi connectivity index (χ1n) is 4.56. The molecular formula is C10H15N3. The second-order valence-corrected chi connectivity index (χ2v) is 3.10. The third-order valence-corrected chi connectivity index (χ3v) is 2.30. The van der Waals surface area contributed by atoms with Crippen LogP contribution >= 0.6 is 0 Å². The lowest BCUT2D eigenvalue weighted by atomic mass is 10.1. The Morgan fingerprint density at radius 3 is 2.62 bits per heavy atom. The highest BCUT2D eigenvalue weighted by Gasteiger charge is 2.10. The molecule has 1 aromatic heterocycles. The van der Waals surface area contributed by atoms with Crippen molar-refractivity contribution in [3.05, 3.63) is 28.4 Å². The molecule has 3 nitrogen and oxygen atoms in total. The van der Waals surface area contributed by atoms with E-state index in [0.717, 1.165) is 18.7 Å². The van der Waals surface area contributed by atoms with Gasteiger partial charge < -0.3 is 4.85 Å². The summed E-state index contributed by atoms with van der Waals surface area (Å²) in [5.41, 5.74) is 3.53. The van der Waals surface area contributed by atoms with Crippen LogP contribution < -0.4 is 0 Å². The average Bonchev–Trinajstić information content (AvgIpc) is 2.39. The van der Waals surface area contributed by atoms with Gasteiger partial charge in [0.05, 0.1) is 5.69 Å². The zero-order chi connectivity index (χ0) is 9.84. The summed E-state index contributed by atoms with van der Waals surface area (Å²) in [6.07, 6.45) is 0.834. The van der Waals surface area contributed by atoms with Crippen LogP contribution in [0.25, 0.3) is 4.85 Å². The van der Waals surface area contributed by atoms with Crippen LogP contribution in [0, 0.1) is 20.4 Å². The first-order valence-corrected chi connectivity index (χ1v) is 4.56. The summed E-state index contributed by atoms with van der Waals surface area (Å²) in [6.45, 7) is 14.4. The minimum Gasteiger partial charge on any atom is -0.317 e. The summed E-state index contributed by atoms with van der Waals surface area (Å²) in [7, 11) is 0. The summed E-state index contributed by atoms with van der Waals surface area (Å²) < 4.78 is 1.99. The molecule has 0 saturated carbocycles. The van der Waals surface area contributed by atoms with Crippen molar-refractivity contribution in [2.45, 2.75) is 33.7 Å². The molecule has 1 heterocycles. The van der Waals surface area contributed by atoms with Crippen molar-refractivity contribution < 1.29 is 0 Å². The summed E-state index contributed by atoms with van der Waals surface area (Å²) in [5, 5.41) is 4.40. The first kappa shape index (κ1) is 9.79. The van der Waals surface area contributed by atoms with Crippen LogP contribution in [0.2, 0.25) is 0 Å². The van der Waals surface area contributed by atoms with Crippen LogP contribution in [-0.2, 0) is 13.0 Å². The maximum Gasteiger partial charge on any atom is 0.218 e. The molecule has 0 aliphatic rings. The lowest BCUT2D eigenvalue weighted by molar-refractivity contribution is 0.633. The third-order valence-electron chi connectivity index (χ3n) is 2.30. The molecule has 0 aromatic carbocycles. The Bertz CT molecular complexity index is 331. The Labute approximate surface area is 79.2 Å².